The number of hydrogen-bond donors (Lipinski definition) is 1. The van der Waals surface area contributed by atoms with E-state index in [2.05, 4.69) is 5.32 Å². The lowest BCUT2D eigenvalue weighted by Gasteiger charge is -2.26. The first kappa shape index (κ1) is 20.7. The highest BCUT2D eigenvalue weighted by molar-refractivity contribution is 5.95. The zero-order chi connectivity index (χ0) is 20.6. The molecule has 7 nitrogen and oxygen atoms in total. The normalized spacial score (nSPS) is 13.9. The molecule has 0 aliphatic carbocycles. The van der Waals surface area contributed by atoms with E-state index in [1.54, 1.807) is 19.1 Å². The summed E-state index contributed by atoms with van der Waals surface area (Å²) in [6.45, 7) is 1.18. The van der Waals surface area contributed by atoms with Gasteiger partial charge in [0.1, 0.15) is 6.61 Å². The van der Waals surface area contributed by atoms with Crippen molar-refractivity contribution in [1.82, 2.24) is 0 Å². The maximum absolute atomic E-state index is 12.2. The van der Waals surface area contributed by atoms with Crippen LogP contribution >= 0.6 is 0 Å². The lowest BCUT2D eigenvalue weighted by molar-refractivity contribution is -0.125. The molecule has 1 aliphatic heterocycles. The van der Waals surface area contributed by atoms with E-state index in [1.165, 1.54) is 0 Å². The summed E-state index contributed by atoms with van der Waals surface area (Å²) in [6.07, 6.45) is 1.91. The number of amides is 2. The minimum absolute atomic E-state index is 0.0410. The van der Waals surface area contributed by atoms with Crippen LogP contribution in [0.4, 0.5) is 11.4 Å². The van der Waals surface area contributed by atoms with Gasteiger partial charge in [-0.25, -0.2) is 0 Å². The number of benzene rings is 2. The quantitative estimate of drug-likeness (QED) is 0.740. The number of methoxy groups -OCH3 is 2. The third-order valence-electron chi connectivity index (χ3n) is 4.77. The predicted molar refractivity (Wildman–Crippen MR) is 111 cm³/mol. The van der Waals surface area contributed by atoms with Crippen LogP contribution in [0.15, 0.2) is 42.5 Å². The van der Waals surface area contributed by atoms with Crippen molar-refractivity contribution in [2.45, 2.75) is 19.3 Å². The number of morpholine rings is 1. The molecular weight excluding hydrogens is 372 g/mol. The number of nitrogens with zero attached hydrogens (tertiary/aromatic N) is 1. The first-order valence-corrected chi connectivity index (χ1v) is 9.59. The largest absolute Gasteiger partial charge is 0.493 e. The van der Waals surface area contributed by atoms with E-state index >= 15 is 0 Å². The molecule has 0 unspecified atom stereocenters. The molecule has 0 saturated carbocycles. The molecule has 2 amide bonds. The molecule has 0 bridgehead atoms. The Morgan fingerprint density at radius 3 is 2.55 bits per heavy atom. The van der Waals surface area contributed by atoms with Crippen LogP contribution < -0.4 is 19.7 Å². The Hall–Kier alpha value is -3.06. The minimum atomic E-state index is -0.0526. The average molecular weight is 398 g/mol. The summed E-state index contributed by atoms with van der Waals surface area (Å²) in [5, 5.41) is 2.90. The molecule has 7 heteroatoms. The summed E-state index contributed by atoms with van der Waals surface area (Å²) < 4.78 is 15.7. The number of anilines is 2. The maximum Gasteiger partial charge on any atom is 0.253 e. The third kappa shape index (κ3) is 5.48. The Balaban J connectivity index is 1.47. The van der Waals surface area contributed by atoms with Gasteiger partial charge in [0.25, 0.3) is 5.91 Å². The maximum atomic E-state index is 12.2. The van der Waals surface area contributed by atoms with E-state index in [-0.39, 0.29) is 18.4 Å². The highest BCUT2D eigenvalue weighted by Crippen LogP contribution is 2.28. The highest BCUT2D eigenvalue weighted by Gasteiger charge is 2.19. The van der Waals surface area contributed by atoms with Crippen LogP contribution in [0.5, 0.6) is 11.5 Å². The molecule has 0 radical (unpaired) electrons. The number of aryl methyl sites for hydroxylation is 1. The first-order valence-electron chi connectivity index (χ1n) is 9.59. The van der Waals surface area contributed by atoms with Gasteiger partial charge in [-0.05, 0) is 54.8 Å². The molecule has 29 heavy (non-hydrogen) atoms. The smallest absolute Gasteiger partial charge is 0.253 e. The average Bonchev–Trinajstić information content (AvgIpc) is 2.74. The van der Waals surface area contributed by atoms with Crippen LogP contribution in [-0.4, -0.2) is 45.8 Å². The van der Waals surface area contributed by atoms with E-state index < -0.39 is 0 Å². The van der Waals surface area contributed by atoms with Gasteiger partial charge in [-0.1, -0.05) is 6.07 Å². The molecule has 1 fully saturated rings. The number of nitrogens with one attached hydrogen (secondary N) is 1. The Labute approximate surface area is 170 Å². The minimum Gasteiger partial charge on any atom is -0.493 e. The summed E-state index contributed by atoms with van der Waals surface area (Å²) >= 11 is 0. The van der Waals surface area contributed by atoms with Crippen LogP contribution in [0, 0.1) is 0 Å². The fourth-order valence-corrected chi connectivity index (χ4v) is 3.23. The fraction of sp³-hybridized carbons (Fsp3) is 0.364. The number of ether oxygens (including phenoxy) is 3. The van der Waals surface area contributed by atoms with Gasteiger partial charge < -0.3 is 24.4 Å². The van der Waals surface area contributed by atoms with E-state index in [0.29, 0.717) is 36.8 Å². The number of hydrogen-bond acceptors (Lipinski definition) is 5. The SMILES string of the molecule is COc1ccc(CCCC(=O)Nc2ccc(N3CCOCC3=O)cc2)cc1OC. The topological polar surface area (TPSA) is 77.1 Å². The first-order chi connectivity index (χ1) is 14.1. The van der Waals surface area contributed by atoms with Gasteiger partial charge in [-0.3, -0.25) is 9.59 Å². The van der Waals surface area contributed by atoms with Gasteiger partial charge in [-0.15, -0.1) is 0 Å². The standard InChI is InChI=1S/C22H26N2O5/c1-27-19-11-6-16(14-20(19)28-2)4-3-5-21(25)23-17-7-9-18(10-8-17)24-12-13-29-15-22(24)26/h6-11,14H,3-5,12-13,15H2,1-2H3,(H,23,25). The van der Waals surface area contributed by atoms with Crippen LogP contribution in [0.3, 0.4) is 0 Å². The van der Waals surface area contributed by atoms with Gasteiger partial charge >= 0.3 is 0 Å². The molecule has 1 heterocycles. The highest BCUT2D eigenvalue weighted by atomic mass is 16.5. The van der Waals surface area contributed by atoms with Crippen LogP contribution in [0.25, 0.3) is 0 Å². The van der Waals surface area contributed by atoms with E-state index in [9.17, 15) is 9.59 Å². The van der Waals surface area contributed by atoms with Crippen LogP contribution in [0.2, 0.25) is 0 Å². The lowest BCUT2D eigenvalue weighted by atomic mass is 10.1. The molecule has 0 aromatic heterocycles. The second-order valence-electron chi connectivity index (χ2n) is 6.74. The molecule has 2 aromatic rings. The Bertz CT molecular complexity index is 851. The van der Waals surface area contributed by atoms with Gasteiger partial charge in [0, 0.05) is 24.3 Å². The van der Waals surface area contributed by atoms with Gasteiger partial charge in [0.15, 0.2) is 11.5 Å². The lowest BCUT2D eigenvalue weighted by Crippen LogP contribution is -2.41. The van der Waals surface area contributed by atoms with E-state index in [4.69, 9.17) is 14.2 Å². The summed E-state index contributed by atoms with van der Waals surface area (Å²) in [4.78, 5) is 25.8. The van der Waals surface area contributed by atoms with E-state index in [0.717, 1.165) is 24.1 Å². The van der Waals surface area contributed by atoms with Crippen molar-refractivity contribution in [2.75, 3.05) is 44.2 Å². The monoisotopic (exact) mass is 398 g/mol. The Morgan fingerprint density at radius 2 is 1.86 bits per heavy atom. The van der Waals surface area contributed by atoms with Crippen LogP contribution in [0.1, 0.15) is 18.4 Å². The molecule has 1 N–H and O–H groups in total. The van der Waals surface area contributed by atoms with Gasteiger partial charge in [0.05, 0.1) is 20.8 Å². The van der Waals surface area contributed by atoms with Crippen molar-refractivity contribution in [3.63, 3.8) is 0 Å². The summed E-state index contributed by atoms with van der Waals surface area (Å²) in [7, 11) is 3.21. The summed E-state index contributed by atoms with van der Waals surface area (Å²) in [5.74, 6) is 1.29. The third-order valence-corrected chi connectivity index (χ3v) is 4.77. The Morgan fingerprint density at radius 1 is 1.10 bits per heavy atom. The zero-order valence-electron chi connectivity index (χ0n) is 16.8. The van der Waals surface area contributed by atoms with Crippen molar-refractivity contribution in [2.24, 2.45) is 0 Å². The van der Waals surface area contributed by atoms with Crippen molar-refractivity contribution in [3.8, 4) is 11.5 Å². The van der Waals surface area contributed by atoms with Gasteiger partial charge in [-0.2, -0.15) is 0 Å². The van der Waals surface area contributed by atoms with Crippen molar-refractivity contribution < 1.29 is 23.8 Å². The second kappa shape index (κ2) is 9.93. The molecule has 0 spiro atoms. The second-order valence-corrected chi connectivity index (χ2v) is 6.74. The van der Waals surface area contributed by atoms with Gasteiger partial charge in [0.2, 0.25) is 5.91 Å². The molecule has 1 aliphatic rings. The van der Waals surface area contributed by atoms with Crippen molar-refractivity contribution in [3.05, 3.63) is 48.0 Å². The number of carbonyl (C=O) groups is 2. The predicted octanol–water partition coefficient (Wildman–Crippen LogP) is 3.03. The van der Waals surface area contributed by atoms with Crippen molar-refractivity contribution >= 4 is 23.2 Å². The molecule has 1 saturated heterocycles. The summed E-state index contributed by atoms with van der Waals surface area (Å²) in [5.41, 5.74) is 2.62. The summed E-state index contributed by atoms with van der Waals surface area (Å²) in [6, 6.07) is 13.1. The van der Waals surface area contributed by atoms with Crippen molar-refractivity contribution in [1.29, 1.82) is 0 Å². The molecule has 0 atom stereocenters. The Kier molecular flexibility index (Phi) is 7.08. The number of carbonyl (C=O) groups excluding carboxylic acids is 2. The molecular formula is C22H26N2O5. The van der Waals surface area contributed by atoms with Crippen LogP contribution in [-0.2, 0) is 20.7 Å². The molecule has 2 aromatic carbocycles. The molecule has 3 rings (SSSR count). The zero-order valence-corrected chi connectivity index (χ0v) is 16.8. The fourth-order valence-electron chi connectivity index (χ4n) is 3.23. The molecule has 154 valence electrons. The van der Waals surface area contributed by atoms with E-state index in [1.807, 2.05) is 42.5 Å². The number of rotatable bonds is 8.